The summed E-state index contributed by atoms with van der Waals surface area (Å²) >= 11 is 0. The van der Waals surface area contributed by atoms with Gasteiger partial charge in [0.1, 0.15) is 5.60 Å². The molecule has 2 N–H and O–H groups in total. The first-order chi connectivity index (χ1) is 7.42. The van der Waals surface area contributed by atoms with E-state index < -0.39 is 11.7 Å². The summed E-state index contributed by atoms with van der Waals surface area (Å²) in [5.74, 6) is -0.179. The van der Waals surface area contributed by atoms with Crippen molar-refractivity contribution < 1.29 is 9.53 Å². The van der Waals surface area contributed by atoms with Crippen LogP contribution in [0.1, 0.15) is 27.2 Å². The van der Waals surface area contributed by atoms with Crippen molar-refractivity contribution in [2.24, 2.45) is 5.92 Å². The molecule has 1 rings (SSSR count). The number of piperidine rings is 1. The van der Waals surface area contributed by atoms with Gasteiger partial charge in [0.2, 0.25) is 0 Å². The molecule has 0 aromatic rings. The van der Waals surface area contributed by atoms with Gasteiger partial charge in [-0.05, 0) is 33.7 Å². The number of nitriles is 1. The predicted molar refractivity (Wildman–Crippen MR) is 59.7 cm³/mol. The highest BCUT2D eigenvalue weighted by Gasteiger charge is 2.27. The van der Waals surface area contributed by atoms with Gasteiger partial charge in [0.15, 0.2) is 0 Å². The van der Waals surface area contributed by atoms with Crippen LogP contribution in [0.2, 0.25) is 0 Å². The van der Waals surface area contributed by atoms with Crippen molar-refractivity contribution in [3.63, 3.8) is 0 Å². The maximum Gasteiger partial charge on any atom is 0.407 e. The van der Waals surface area contributed by atoms with Crippen LogP contribution < -0.4 is 10.6 Å². The number of rotatable bonds is 1. The van der Waals surface area contributed by atoms with Crippen molar-refractivity contribution in [2.45, 2.75) is 38.8 Å². The molecule has 0 aromatic heterocycles. The zero-order valence-electron chi connectivity index (χ0n) is 10.0. The van der Waals surface area contributed by atoms with Crippen LogP contribution in [-0.2, 0) is 4.74 Å². The summed E-state index contributed by atoms with van der Waals surface area (Å²) in [6.45, 7) is 6.89. The quantitative estimate of drug-likeness (QED) is 0.698. The number of alkyl carbamates (subject to hydrolysis) is 1. The van der Waals surface area contributed by atoms with E-state index in [1.807, 2.05) is 20.8 Å². The SMILES string of the molecule is CC(C)(C)OC(=O)N[C@H]1CCNC[C@H]1C#N. The van der Waals surface area contributed by atoms with Crippen molar-refractivity contribution in [3.05, 3.63) is 0 Å². The minimum absolute atomic E-state index is 0.110. The van der Waals surface area contributed by atoms with E-state index >= 15 is 0 Å². The largest absolute Gasteiger partial charge is 0.444 e. The second kappa shape index (κ2) is 5.17. The zero-order chi connectivity index (χ0) is 12.2. The molecule has 0 saturated carbocycles. The Morgan fingerprint density at radius 2 is 2.25 bits per heavy atom. The number of hydrogen-bond donors (Lipinski definition) is 2. The van der Waals surface area contributed by atoms with Crippen molar-refractivity contribution >= 4 is 6.09 Å². The number of ether oxygens (including phenoxy) is 1. The summed E-state index contributed by atoms with van der Waals surface area (Å²) in [6, 6.07) is 2.08. The second-order valence-electron chi connectivity index (χ2n) is 4.98. The van der Waals surface area contributed by atoms with E-state index in [0.717, 1.165) is 13.0 Å². The monoisotopic (exact) mass is 225 g/mol. The van der Waals surface area contributed by atoms with Gasteiger partial charge in [-0.25, -0.2) is 4.79 Å². The number of hydrogen-bond acceptors (Lipinski definition) is 4. The van der Waals surface area contributed by atoms with E-state index in [4.69, 9.17) is 10.00 Å². The molecule has 0 aliphatic carbocycles. The lowest BCUT2D eigenvalue weighted by molar-refractivity contribution is 0.0484. The number of carbonyl (C=O) groups excluding carboxylic acids is 1. The van der Waals surface area contributed by atoms with Gasteiger partial charge in [-0.15, -0.1) is 0 Å². The van der Waals surface area contributed by atoms with Crippen LogP contribution in [0.25, 0.3) is 0 Å². The Bertz CT molecular complexity index is 291. The standard InChI is InChI=1S/C11H19N3O2/c1-11(2,3)16-10(15)14-9-4-5-13-7-8(9)6-12/h8-9,13H,4-5,7H2,1-3H3,(H,14,15)/t8-,9+/m1/s1. The van der Waals surface area contributed by atoms with Gasteiger partial charge < -0.3 is 15.4 Å². The third-order valence-electron chi connectivity index (χ3n) is 2.35. The van der Waals surface area contributed by atoms with Crippen LogP contribution >= 0.6 is 0 Å². The highest BCUT2D eigenvalue weighted by Crippen LogP contribution is 2.12. The molecule has 1 amide bonds. The Morgan fingerprint density at radius 1 is 1.56 bits per heavy atom. The Balaban J connectivity index is 2.46. The van der Waals surface area contributed by atoms with E-state index in [2.05, 4.69) is 16.7 Å². The van der Waals surface area contributed by atoms with Crippen LogP contribution in [0.4, 0.5) is 4.79 Å². The molecule has 16 heavy (non-hydrogen) atoms. The Hall–Kier alpha value is -1.28. The first-order valence-electron chi connectivity index (χ1n) is 5.52. The fourth-order valence-electron chi connectivity index (χ4n) is 1.63. The highest BCUT2D eigenvalue weighted by atomic mass is 16.6. The van der Waals surface area contributed by atoms with Crippen LogP contribution in [0.15, 0.2) is 0 Å². The third kappa shape index (κ3) is 4.07. The predicted octanol–water partition coefficient (Wildman–Crippen LogP) is 1.01. The summed E-state index contributed by atoms with van der Waals surface area (Å²) in [4.78, 5) is 11.5. The van der Waals surface area contributed by atoms with Gasteiger partial charge in [0.25, 0.3) is 0 Å². The molecule has 5 nitrogen and oxygen atoms in total. The number of carbonyl (C=O) groups is 1. The van der Waals surface area contributed by atoms with Crippen molar-refractivity contribution in [3.8, 4) is 6.07 Å². The Labute approximate surface area is 96.2 Å². The van der Waals surface area contributed by atoms with Gasteiger partial charge in [0.05, 0.1) is 18.0 Å². The van der Waals surface area contributed by atoms with Crippen LogP contribution in [0, 0.1) is 17.2 Å². The molecule has 0 aromatic carbocycles. The molecular weight excluding hydrogens is 206 g/mol. The van der Waals surface area contributed by atoms with Gasteiger partial charge >= 0.3 is 6.09 Å². The van der Waals surface area contributed by atoms with Crippen LogP contribution in [-0.4, -0.2) is 30.8 Å². The maximum absolute atomic E-state index is 11.5. The summed E-state index contributed by atoms with van der Waals surface area (Å²) in [5, 5.41) is 14.8. The summed E-state index contributed by atoms with van der Waals surface area (Å²) in [5.41, 5.74) is -0.501. The number of nitrogens with one attached hydrogen (secondary N) is 2. The molecule has 0 unspecified atom stereocenters. The summed E-state index contributed by atoms with van der Waals surface area (Å²) < 4.78 is 5.15. The topological polar surface area (TPSA) is 74.2 Å². The Kier molecular flexibility index (Phi) is 4.13. The molecule has 0 radical (unpaired) electrons. The second-order valence-corrected chi connectivity index (χ2v) is 4.98. The van der Waals surface area contributed by atoms with Gasteiger partial charge in [0, 0.05) is 6.54 Å². The smallest absolute Gasteiger partial charge is 0.407 e. The van der Waals surface area contributed by atoms with E-state index in [0.29, 0.717) is 6.54 Å². The van der Waals surface area contributed by atoms with Gasteiger partial charge in [-0.2, -0.15) is 5.26 Å². The average molecular weight is 225 g/mol. The molecule has 2 atom stereocenters. The van der Waals surface area contributed by atoms with Crippen LogP contribution in [0.5, 0.6) is 0 Å². The van der Waals surface area contributed by atoms with E-state index in [1.165, 1.54) is 0 Å². The van der Waals surface area contributed by atoms with Crippen LogP contribution in [0.3, 0.4) is 0 Å². The number of amides is 1. The summed E-state index contributed by atoms with van der Waals surface area (Å²) in [7, 11) is 0. The first-order valence-corrected chi connectivity index (χ1v) is 5.52. The molecule has 1 saturated heterocycles. The molecule has 0 bridgehead atoms. The molecule has 1 aliphatic rings. The van der Waals surface area contributed by atoms with Crippen molar-refractivity contribution in [1.82, 2.24) is 10.6 Å². The highest BCUT2D eigenvalue weighted by molar-refractivity contribution is 5.68. The molecule has 0 spiro atoms. The number of nitrogens with zero attached hydrogens (tertiary/aromatic N) is 1. The molecule has 1 aliphatic heterocycles. The lowest BCUT2D eigenvalue weighted by Gasteiger charge is -2.29. The molecule has 90 valence electrons. The normalized spacial score (nSPS) is 25.6. The van der Waals surface area contributed by atoms with Crippen molar-refractivity contribution in [2.75, 3.05) is 13.1 Å². The average Bonchev–Trinajstić information content (AvgIpc) is 2.15. The van der Waals surface area contributed by atoms with Gasteiger partial charge in [-0.3, -0.25) is 0 Å². The fourth-order valence-corrected chi connectivity index (χ4v) is 1.63. The van der Waals surface area contributed by atoms with E-state index in [9.17, 15) is 4.79 Å². The summed E-state index contributed by atoms with van der Waals surface area (Å²) in [6.07, 6.45) is 0.317. The molecule has 1 fully saturated rings. The lowest BCUT2D eigenvalue weighted by atomic mass is 9.95. The zero-order valence-corrected chi connectivity index (χ0v) is 10.0. The molecular formula is C11H19N3O2. The first kappa shape index (κ1) is 12.8. The Morgan fingerprint density at radius 3 is 2.81 bits per heavy atom. The lowest BCUT2D eigenvalue weighted by Crippen LogP contribution is -2.50. The van der Waals surface area contributed by atoms with E-state index in [-0.39, 0.29) is 12.0 Å². The van der Waals surface area contributed by atoms with Gasteiger partial charge in [-0.1, -0.05) is 0 Å². The fraction of sp³-hybridized carbons (Fsp3) is 0.818. The maximum atomic E-state index is 11.5. The van der Waals surface area contributed by atoms with Crippen molar-refractivity contribution in [1.29, 1.82) is 5.26 Å². The third-order valence-corrected chi connectivity index (χ3v) is 2.35. The van der Waals surface area contributed by atoms with E-state index in [1.54, 1.807) is 0 Å². The minimum Gasteiger partial charge on any atom is -0.444 e. The molecule has 5 heteroatoms. The molecule has 1 heterocycles. The minimum atomic E-state index is -0.501.